The molecule has 14 heavy (non-hydrogen) atoms. The summed E-state index contributed by atoms with van der Waals surface area (Å²) < 4.78 is 11.3. The van der Waals surface area contributed by atoms with E-state index in [1.165, 1.54) is 0 Å². The molecule has 2 aliphatic rings. The molecule has 2 fully saturated rings. The fourth-order valence-electron chi connectivity index (χ4n) is 2.31. The van der Waals surface area contributed by atoms with Gasteiger partial charge in [-0.15, -0.1) is 0 Å². The Morgan fingerprint density at radius 3 is 2.93 bits per heavy atom. The maximum atomic E-state index is 9.56. The second-order valence-electron chi connectivity index (χ2n) is 4.22. The van der Waals surface area contributed by atoms with Gasteiger partial charge in [-0.1, -0.05) is 0 Å². The summed E-state index contributed by atoms with van der Waals surface area (Å²) in [6.07, 6.45) is 3.52. The Balaban J connectivity index is 1.99. The molecule has 0 amide bonds. The van der Waals surface area contributed by atoms with Gasteiger partial charge in [0.1, 0.15) is 0 Å². The first-order chi connectivity index (χ1) is 6.74. The monoisotopic (exact) mass is 202 g/mol. The van der Waals surface area contributed by atoms with Crippen LogP contribution in [0.25, 0.3) is 0 Å². The molecule has 2 rings (SSSR count). The normalized spacial score (nSPS) is 44.1. The molecule has 4 heteroatoms. The summed E-state index contributed by atoms with van der Waals surface area (Å²) in [7, 11) is 0. The number of aliphatic hydroxyl groups is 2. The molecule has 0 unspecified atom stereocenters. The first-order valence-electron chi connectivity index (χ1n) is 5.35. The molecule has 82 valence electrons. The van der Waals surface area contributed by atoms with E-state index in [1.54, 1.807) is 0 Å². The highest BCUT2D eigenvalue weighted by atomic mass is 16.7. The van der Waals surface area contributed by atoms with Crippen LogP contribution in [0, 0.1) is 0 Å². The van der Waals surface area contributed by atoms with Crippen LogP contribution in [0.5, 0.6) is 0 Å². The molecule has 2 N–H and O–H groups in total. The topological polar surface area (TPSA) is 58.9 Å². The largest absolute Gasteiger partial charge is 0.394 e. The third-order valence-corrected chi connectivity index (χ3v) is 3.03. The van der Waals surface area contributed by atoms with Crippen molar-refractivity contribution in [3.63, 3.8) is 0 Å². The van der Waals surface area contributed by atoms with Crippen LogP contribution in [0.2, 0.25) is 0 Å². The Kier molecular flexibility index (Phi) is 3.07. The average Bonchev–Trinajstić information content (AvgIpc) is 2.17. The van der Waals surface area contributed by atoms with Gasteiger partial charge in [0.05, 0.1) is 25.4 Å². The van der Waals surface area contributed by atoms with Crippen molar-refractivity contribution in [3.8, 4) is 0 Å². The highest BCUT2D eigenvalue weighted by Crippen LogP contribution is 2.36. The van der Waals surface area contributed by atoms with Crippen molar-refractivity contribution in [3.05, 3.63) is 0 Å². The zero-order valence-corrected chi connectivity index (χ0v) is 8.32. The molecule has 2 heterocycles. The smallest absolute Gasteiger partial charge is 0.171 e. The van der Waals surface area contributed by atoms with Gasteiger partial charge in [-0.05, 0) is 19.3 Å². The highest BCUT2D eigenvalue weighted by Gasteiger charge is 2.42. The van der Waals surface area contributed by atoms with Crippen molar-refractivity contribution in [1.29, 1.82) is 0 Å². The lowest BCUT2D eigenvalue weighted by molar-refractivity contribution is -0.310. The van der Waals surface area contributed by atoms with Crippen LogP contribution in [0.15, 0.2) is 0 Å². The van der Waals surface area contributed by atoms with Crippen LogP contribution >= 0.6 is 0 Å². The highest BCUT2D eigenvalue weighted by molar-refractivity contribution is 4.84. The molecule has 3 atom stereocenters. The molecule has 2 saturated heterocycles. The maximum absolute atomic E-state index is 9.56. The van der Waals surface area contributed by atoms with Crippen molar-refractivity contribution < 1.29 is 19.7 Å². The minimum atomic E-state index is -0.608. The Hall–Kier alpha value is -0.160. The summed E-state index contributed by atoms with van der Waals surface area (Å²) in [4.78, 5) is 0. The lowest BCUT2D eigenvalue weighted by Gasteiger charge is -2.44. The Labute approximate surface area is 83.8 Å². The van der Waals surface area contributed by atoms with Gasteiger partial charge in [-0.3, -0.25) is 0 Å². The van der Waals surface area contributed by atoms with Crippen molar-refractivity contribution in [2.24, 2.45) is 0 Å². The third-order valence-electron chi connectivity index (χ3n) is 3.03. The van der Waals surface area contributed by atoms with Crippen LogP contribution in [0.3, 0.4) is 0 Å². The van der Waals surface area contributed by atoms with Crippen LogP contribution in [0.1, 0.15) is 32.1 Å². The number of ether oxygens (including phenoxy) is 2. The zero-order valence-electron chi connectivity index (χ0n) is 8.32. The first kappa shape index (κ1) is 10.4. The molecule has 1 spiro atoms. The fourth-order valence-corrected chi connectivity index (χ4v) is 2.31. The molecule has 0 aromatic rings. The minimum Gasteiger partial charge on any atom is -0.394 e. The lowest BCUT2D eigenvalue weighted by Crippen LogP contribution is -2.49. The maximum Gasteiger partial charge on any atom is 0.171 e. The van der Waals surface area contributed by atoms with Gasteiger partial charge in [-0.2, -0.15) is 0 Å². The van der Waals surface area contributed by atoms with E-state index in [4.69, 9.17) is 14.6 Å². The SMILES string of the molecule is OC[C@H]1CCC[C@@]2(C[C@@H](O)CCO2)O1. The first-order valence-corrected chi connectivity index (χ1v) is 5.35. The van der Waals surface area contributed by atoms with Gasteiger partial charge in [0.15, 0.2) is 5.79 Å². The molecule has 2 aliphatic heterocycles. The number of hydrogen-bond donors (Lipinski definition) is 2. The van der Waals surface area contributed by atoms with Gasteiger partial charge < -0.3 is 19.7 Å². The molecule has 0 bridgehead atoms. The molecule has 0 radical (unpaired) electrons. The van der Waals surface area contributed by atoms with Crippen LogP contribution in [0.4, 0.5) is 0 Å². The quantitative estimate of drug-likeness (QED) is 0.647. The molecule has 4 nitrogen and oxygen atoms in total. The van der Waals surface area contributed by atoms with Gasteiger partial charge >= 0.3 is 0 Å². The summed E-state index contributed by atoms with van der Waals surface area (Å²) in [5, 5.41) is 18.6. The summed E-state index contributed by atoms with van der Waals surface area (Å²) in [5.74, 6) is -0.608. The van der Waals surface area contributed by atoms with E-state index in [0.717, 1.165) is 19.3 Å². The molecular weight excluding hydrogens is 184 g/mol. The molecule has 0 aliphatic carbocycles. The van der Waals surface area contributed by atoms with E-state index in [2.05, 4.69) is 0 Å². The Morgan fingerprint density at radius 1 is 1.36 bits per heavy atom. The summed E-state index contributed by atoms with van der Waals surface area (Å²) >= 11 is 0. The predicted molar refractivity (Wildman–Crippen MR) is 49.7 cm³/mol. The van der Waals surface area contributed by atoms with Crippen LogP contribution in [-0.2, 0) is 9.47 Å². The summed E-state index contributed by atoms with van der Waals surface area (Å²) in [6, 6.07) is 0. The van der Waals surface area contributed by atoms with Crippen molar-refractivity contribution >= 4 is 0 Å². The average molecular weight is 202 g/mol. The van der Waals surface area contributed by atoms with Gasteiger partial charge in [0, 0.05) is 12.8 Å². The van der Waals surface area contributed by atoms with E-state index >= 15 is 0 Å². The molecule has 0 aromatic heterocycles. The Bertz CT molecular complexity index is 193. The fraction of sp³-hybridized carbons (Fsp3) is 1.00. The van der Waals surface area contributed by atoms with Gasteiger partial charge in [0.25, 0.3) is 0 Å². The van der Waals surface area contributed by atoms with E-state index in [1.807, 2.05) is 0 Å². The van der Waals surface area contributed by atoms with Crippen molar-refractivity contribution in [2.45, 2.75) is 50.1 Å². The molecule has 0 saturated carbocycles. The second kappa shape index (κ2) is 4.14. The third kappa shape index (κ3) is 2.08. The standard InChI is InChI=1S/C10H18O4/c11-7-9-2-1-4-10(14-9)6-8(12)3-5-13-10/h8-9,11-12H,1-7H2/t8-,9+,10-/m0/s1. The number of rotatable bonds is 1. The minimum absolute atomic E-state index is 0.0429. The zero-order chi connectivity index (χ0) is 10.0. The molecule has 0 aromatic carbocycles. The van der Waals surface area contributed by atoms with E-state index in [-0.39, 0.29) is 18.8 Å². The number of hydrogen-bond acceptors (Lipinski definition) is 4. The summed E-state index contributed by atoms with van der Waals surface area (Å²) in [6.45, 7) is 0.598. The van der Waals surface area contributed by atoms with Crippen molar-refractivity contribution in [1.82, 2.24) is 0 Å². The number of aliphatic hydroxyl groups excluding tert-OH is 2. The van der Waals surface area contributed by atoms with Crippen molar-refractivity contribution in [2.75, 3.05) is 13.2 Å². The molecular formula is C10H18O4. The van der Waals surface area contributed by atoms with Crippen LogP contribution in [-0.4, -0.2) is 41.4 Å². The van der Waals surface area contributed by atoms with E-state index in [9.17, 15) is 5.11 Å². The lowest BCUT2D eigenvalue weighted by atomic mass is 9.93. The summed E-state index contributed by atoms with van der Waals surface area (Å²) in [5.41, 5.74) is 0. The second-order valence-corrected chi connectivity index (χ2v) is 4.22. The van der Waals surface area contributed by atoms with Gasteiger partial charge in [-0.25, -0.2) is 0 Å². The van der Waals surface area contributed by atoms with Gasteiger partial charge in [0.2, 0.25) is 0 Å². The van der Waals surface area contributed by atoms with E-state index < -0.39 is 5.79 Å². The van der Waals surface area contributed by atoms with Crippen LogP contribution < -0.4 is 0 Å². The predicted octanol–water partition coefficient (Wildman–Crippen LogP) is 0.415. The van der Waals surface area contributed by atoms with E-state index in [0.29, 0.717) is 19.4 Å². The Morgan fingerprint density at radius 2 is 2.21 bits per heavy atom.